The van der Waals surface area contributed by atoms with E-state index in [4.69, 9.17) is 5.73 Å². The number of sulfonamides is 1. The Bertz CT molecular complexity index is 645. The molecule has 0 atom stereocenters. The Balaban J connectivity index is 2.09. The highest BCUT2D eigenvalue weighted by atomic mass is 32.2. The molecule has 4 N–H and O–H groups in total. The molecule has 6 nitrogen and oxygen atoms in total. The molecular weight excluding hydrogens is 284 g/mol. The second-order valence-corrected chi connectivity index (χ2v) is 6.93. The van der Waals surface area contributed by atoms with Gasteiger partial charge in [-0.1, -0.05) is 6.92 Å². The van der Waals surface area contributed by atoms with Gasteiger partial charge in [0.05, 0.1) is 6.20 Å². The summed E-state index contributed by atoms with van der Waals surface area (Å²) in [6.07, 6.45) is 2.38. The lowest BCUT2D eigenvalue weighted by molar-refractivity contribution is 0.576. The molecule has 0 saturated heterocycles. The Labute approximate surface area is 116 Å². The van der Waals surface area contributed by atoms with E-state index in [1.165, 1.54) is 11.1 Å². The smallest absolute Gasteiger partial charge is 0.258 e. The molecule has 2 heterocycles. The molecule has 0 spiro atoms. The van der Waals surface area contributed by atoms with Crippen molar-refractivity contribution in [2.45, 2.75) is 31.5 Å². The van der Waals surface area contributed by atoms with E-state index in [9.17, 15) is 8.42 Å². The number of thiophene rings is 1. The van der Waals surface area contributed by atoms with Crippen molar-refractivity contribution in [2.24, 2.45) is 5.73 Å². The van der Waals surface area contributed by atoms with Crippen LogP contribution in [0.25, 0.3) is 0 Å². The van der Waals surface area contributed by atoms with E-state index in [0.717, 1.165) is 11.3 Å². The van der Waals surface area contributed by atoms with Crippen molar-refractivity contribution in [1.29, 1.82) is 0 Å². The molecule has 0 aliphatic heterocycles. The van der Waals surface area contributed by atoms with Crippen LogP contribution in [0.5, 0.6) is 0 Å². The second kappa shape index (κ2) is 5.83. The number of nitrogens with two attached hydrogens (primary N) is 1. The summed E-state index contributed by atoms with van der Waals surface area (Å²) in [5, 5.41) is 6.23. The van der Waals surface area contributed by atoms with Crippen LogP contribution in [0.15, 0.2) is 23.4 Å². The molecule has 0 saturated carbocycles. The molecule has 0 fully saturated rings. The van der Waals surface area contributed by atoms with E-state index >= 15 is 0 Å². The number of aromatic amines is 1. The van der Waals surface area contributed by atoms with Crippen molar-refractivity contribution in [3.05, 3.63) is 33.6 Å². The first-order valence-electron chi connectivity index (χ1n) is 5.86. The molecule has 19 heavy (non-hydrogen) atoms. The number of aryl methyl sites for hydroxylation is 1. The minimum absolute atomic E-state index is 0.0438. The molecule has 0 radical (unpaired) electrons. The topological polar surface area (TPSA) is 101 Å². The van der Waals surface area contributed by atoms with Crippen LogP contribution in [-0.2, 0) is 29.5 Å². The largest absolute Gasteiger partial charge is 0.326 e. The van der Waals surface area contributed by atoms with Gasteiger partial charge in [0.15, 0.2) is 5.03 Å². The van der Waals surface area contributed by atoms with Crippen LogP contribution in [0.4, 0.5) is 0 Å². The lowest BCUT2D eigenvalue weighted by Gasteiger charge is -2.05. The van der Waals surface area contributed by atoms with Gasteiger partial charge in [0.25, 0.3) is 10.0 Å². The van der Waals surface area contributed by atoms with Gasteiger partial charge in [0.2, 0.25) is 0 Å². The average molecular weight is 300 g/mol. The third-order valence-corrected chi connectivity index (χ3v) is 5.31. The monoisotopic (exact) mass is 300 g/mol. The maximum absolute atomic E-state index is 12.1. The van der Waals surface area contributed by atoms with E-state index in [1.807, 2.05) is 12.1 Å². The highest BCUT2D eigenvalue weighted by molar-refractivity contribution is 7.89. The quantitative estimate of drug-likeness (QED) is 0.740. The third kappa shape index (κ3) is 3.21. The molecule has 104 valence electrons. The first-order valence-corrected chi connectivity index (χ1v) is 8.16. The molecule has 0 aliphatic rings. The van der Waals surface area contributed by atoms with Crippen LogP contribution in [0.3, 0.4) is 0 Å². The third-order valence-electron chi connectivity index (χ3n) is 2.67. The summed E-state index contributed by atoms with van der Waals surface area (Å²) in [6, 6.07) is 3.94. The maximum atomic E-state index is 12.1. The first-order chi connectivity index (χ1) is 9.06. The van der Waals surface area contributed by atoms with Crippen LogP contribution < -0.4 is 10.5 Å². The van der Waals surface area contributed by atoms with E-state index in [-0.39, 0.29) is 18.1 Å². The first kappa shape index (κ1) is 14.2. The van der Waals surface area contributed by atoms with Gasteiger partial charge in [-0.05, 0) is 18.6 Å². The predicted molar refractivity (Wildman–Crippen MR) is 74.2 cm³/mol. The van der Waals surface area contributed by atoms with Crippen LogP contribution in [0.1, 0.15) is 22.2 Å². The van der Waals surface area contributed by atoms with Gasteiger partial charge in [-0.3, -0.25) is 5.10 Å². The van der Waals surface area contributed by atoms with Crippen LogP contribution in [0, 0.1) is 0 Å². The van der Waals surface area contributed by atoms with Crippen molar-refractivity contribution in [3.8, 4) is 0 Å². The molecule has 8 heteroatoms. The zero-order valence-corrected chi connectivity index (χ0v) is 12.1. The highest BCUT2D eigenvalue weighted by Crippen LogP contribution is 2.18. The summed E-state index contributed by atoms with van der Waals surface area (Å²) in [4.78, 5) is 2.22. The number of rotatable bonds is 6. The molecule has 0 unspecified atom stereocenters. The van der Waals surface area contributed by atoms with Crippen molar-refractivity contribution < 1.29 is 8.42 Å². The minimum atomic E-state index is -3.60. The highest BCUT2D eigenvalue weighted by Gasteiger charge is 2.19. The number of aromatic nitrogens is 2. The number of nitrogens with one attached hydrogen (secondary N) is 2. The van der Waals surface area contributed by atoms with E-state index in [0.29, 0.717) is 5.56 Å². The van der Waals surface area contributed by atoms with Crippen LogP contribution >= 0.6 is 11.3 Å². The summed E-state index contributed by atoms with van der Waals surface area (Å²) in [5.41, 5.74) is 5.95. The molecule has 0 bridgehead atoms. The summed E-state index contributed by atoms with van der Waals surface area (Å²) in [6.45, 7) is 2.47. The SMILES string of the molecule is CCc1ccc(CNS(=O)(=O)c2[nH]ncc2CN)s1. The number of hydrogen-bond donors (Lipinski definition) is 3. The zero-order valence-electron chi connectivity index (χ0n) is 10.5. The van der Waals surface area contributed by atoms with E-state index < -0.39 is 10.0 Å². The molecule has 0 aliphatic carbocycles. The maximum Gasteiger partial charge on any atom is 0.258 e. The van der Waals surface area contributed by atoms with Gasteiger partial charge in [0, 0.05) is 28.4 Å². The van der Waals surface area contributed by atoms with Gasteiger partial charge in [0.1, 0.15) is 0 Å². The lowest BCUT2D eigenvalue weighted by Crippen LogP contribution is -2.24. The Kier molecular flexibility index (Phi) is 4.35. The predicted octanol–water partition coefficient (Wildman–Crippen LogP) is 0.971. The Morgan fingerprint density at radius 3 is 2.79 bits per heavy atom. The molecule has 2 rings (SSSR count). The van der Waals surface area contributed by atoms with Gasteiger partial charge in [-0.15, -0.1) is 11.3 Å². The van der Waals surface area contributed by atoms with Crippen molar-refractivity contribution in [2.75, 3.05) is 0 Å². The fraction of sp³-hybridized carbons (Fsp3) is 0.364. The minimum Gasteiger partial charge on any atom is -0.326 e. The Morgan fingerprint density at radius 1 is 1.42 bits per heavy atom. The van der Waals surface area contributed by atoms with Crippen molar-refractivity contribution >= 4 is 21.4 Å². The molecule has 0 amide bonds. The summed E-state index contributed by atoms with van der Waals surface area (Å²) >= 11 is 1.60. The van der Waals surface area contributed by atoms with E-state index in [2.05, 4.69) is 21.8 Å². The van der Waals surface area contributed by atoms with Crippen LogP contribution in [-0.4, -0.2) is 18.6 Å². The van der Waals surface area contributed by atoms with E-state index in [1.54, 1.807) is 11.3 Å². The fourth-order valence-corrected chi connectivity index (χ4v) is 3.76. The normalized spacial score (nSPS) is 11.9. The Morgan fingerprint density at radius 2 is 2.16 bits per heavy atom. The molecular formula is C11H16N4O2S2. The van der Waals surface area contributed by atoms with Gasteiger partial charge < -0.3 is 5.73 Å². The molecule has 2 aromatic heterocycles. The zero-order chi connectivity index (χ0) is 13.9. The summed E-state index contributed by atoms with van der Waals surface area (Å²) in [5.74, 6) is 0. The Hall–Kier alpha value is -1.22. The number of H-pyrrole nitrogens is 1. The second-order valence-electron chi connectivity index (χ2n) is 3.97. The standard InChI is InChI=1S/C11H16N4O2S2/c1-2-9-3-4-10(18-9)7-14-19(16,17)11-8(5-12)6-13-15-11/h3-4,6,14H,2,5,7,12H2,1H3,(H,13,15). The van der Waals surface area contributed by atoms with Gasteiger partial charge >= 0.3 is 0 Å². The number of nitrogens with zero attached hydrogens (tertiary/aromatic N) is 1. The van der Waals surface area contributed by atoms with Gasteiger partial charge in [-0.2, -0.15) is 5.10 Å². The van der Waals surface area contributed by atoms with Crippen molar-refractivity contribution in [3.63, 3.8) is 0 Å². The summed E-state index contributed by atoms with van der Waals surface area (Å²) in [7, 11) is -3.60. The van der Waals surface area contributed by atoms with Crippen molar-refractivity contribution in [1.82, 2.24) is 14.9 Å². The molecule has 0 aromatic carbocycles. The van der Waals surface area contributed by atoms with Crippen LogP contribution in [0.2, 0.25) is 0 Å². The average Bonchev–Trinajstić information content (AvgIpc) is 3.05. The molecule has 2 aromatic rings. The lowest BCUT2D eigenvalue weighted by atomic mass is 10.4. The number of hydrogen-bond acceptors (Lipinski definition) is 5. The summed E-state index contributed by atoms with van der Waals surface area (Å²) < 4.78 is 26.7. The fourth-order valence-electron chi connectivity index (χ4n) is 1.62. The van der Waals surface area contributed by atoms with Gasteiger partial charge in [-0.25, -0.2) is 13.1 Å².